The SMILES string of the molecule is CCN(CC/C(N)=N/O)Cc1ccc(Br)cc1. The van der Waals surface area contributed by atoms with Gasteiger partial charge in [0, 0.05) is 24.0 Å². The lowest BCUT2D eigenvalue weighted by Crippen LogP contribution is -2.27. The molecular weight excluding hydrogens is 282 g/mol. The zero-order valence-electron chi connectivity index (χ0n) is 9.93. The van der Waals surface area contributed by atoms with Crippen molar-refractivity contribution in [1.82, 2.24) is 4.90 Å². The summed E-state index contributed by atoms with van der Waals surface area (Å²) >= 11 is 3.41. The first-order valence-electron chi connectivity index (χ1n) is 5.59. The van der Waals surface area contributed by atoms with Gasteiger partial charge in [-0.3, -0.25) is 4.90 Å². The van der Waals surface area contributed by atoms with Crippen molar-refractivity contribution >= 4 is 21.8 Å². The van der Waals surface area contributed by atoms with E-state index in [1.165, 1.54) is 5.56 Å². The molecule has 0 atom stereocenters. The first-order chi connectivity index (χ1) is 8.15. The molecule has 0 aliphatic rings. The minimum absolute atomic E-state index is 0.277. The Labute approximate surface area is 110 Å². The fourth-order valence-corrected chi connectivity index (χ4v) is 1.78. The van der Waals surface area contributed by atoms with Gasteiger partial charge in [0.05, 0.1) is 0 Å². The number of halogens is 1. The van der Waals surface area contributed by atoms with Crippen LogP contribution in [0.15, 0.2) is 33.9 Å². The molecule has 0 aliphatic carbocycles. The standard InChI is InChI=1S/C12H18BrN3O/c1-2-16(8-7-12(14)15-17)9-10-3-5-11(13)6-4-10/h3-6,17H,2,7-9H2,1H3,(H2,14,15). The van der Waals surface area contributed by atoms with Gasteiger partial charge in [-0.2, -0.15) is 0 Å². The molecule has 5 heteroatoms. The van der Waals surface area contributed by atoms with E-state index in [-0.39, 0.29) is 5.84 Å². The molecule has 17 heavy (non-hydrogen) atoms. The minimum Gasteiger partial charge on any atom is -0.409 e. The first kappa shape index (κ1) is 14.0. The van der Waals surface area contributed by atoms with Crippen LogP contribution in [0.3, 0.4) is 0 Å². The molecule has 0 saturated heterocycles. The van der Waals surface area contributed by atoms with Crippen LogP contribution in [0.25, 0.3) is 0 Å². The molecule has 0 unspecified atom stereocenters. The molecule has 3 N–H and O–H groups in total. The zero-order chi connectivity index (χ0) is 12.7. The quantitative estimate of drug-likeness (QED) is 0.367. The smallest absolute Gasteiger partial charge is 0.140 e. The Hall–Kier alpha value is -1.07. The number of rotatable bonds is 6. The topological polar surface area (TPSA) is 61.8 Å². The Kier molecular flexibility index (Phi) is 6.00. The molecule has 94 valence electrons. The second-order valence-corrected chi connectivity index (χ2v) is 4.75. The lowest BCUT2D eigenvalue weighted by Gasteiger charge is -2.20. The van der Waals surface area contributed by atoms with Gasteiger partial charge >= 0.3 is 0 Å². The van der Waals surface area contributed by atoms with Crippen molar-refractivity contribution in [1.29, 1.82) is 0 Å². The van der Waals surface area contributed by atoms with Crippen molar-refractivity contribution in [3.63, 3.8) is 0 Å². The van der Waals surface area contributed by atoms with E-state index < -0.39 is 0 Å². The van der Waals surface area contributed by atoms with Crippen molar-refractivity contribution in [2.24, 2.45) is 10.9 Å². The summed E-state index contributed by atoms with van der Waals surface area (Å²) in [5.41, 5.74) is 6.72. The highest BCUT2D eigenvalue weighted by Crippen LogP contribution is 2.12. The first-order valence-corrected chi connectivity index (χ1v) is 6.38. The lowest BCUT2D eigenvalue weighted by atomic mass is 10.2. The Morgan fingerprint density at radius 2 is 2.06 bits per heavy atom. The third-order valence-electron chi connectivity index (χ3n) is 2.58. The third kappa shape index (κ3) is 5.19. The van der Waals surface area contributed by atoms with Crippen LogP contribution in [0.4, 0.5) is 0 Å². The second kappa shape index (κ2) is 7.29. The summed E-state index contributed by atoms with van der Waals surface area (Å²) in [6, 6.07) is 8.26. The largest absolute Gasteiger partial charge is 0.409 e. The summed E-state index contributed by atoms with van der Waals surface area (Å²) in [6.45, 7) is 4.71. The number of hydrogen-bond acceptors (Lipinski definition) is 3. The van der Waals surface area contributed by atoms with Crippen molar-refractivity contribution in [3.05, 3.63) is 34.3 Å². The Morgan fingerprint density at radius 1 is 1.41 bits per heavy atom. The highest BCUT2D eigenvalue weighted by Gasteiger charge is 2.05. The number of nitrogens with zero attached hydrogens (tertiary/aromatic N) is 2. The van der Waals surface area contributed by atoms with Crippen LogP contribution in [0.2, 0.25) is 0 Å². The van der Waals surface area contributed by atoms with Crippen molar-refractivity contribution in [3.8, 4) is 0 Å². The highest BCUT2D eigenvalue weighted by molar-refractivity contribution is 9.10. The summed E-state index contributed by atoms with van der Waals surface area (Å²) in [7, 11) is 0. The average molecular weight is 300 g/mol. The second-order valence-electron chi connectivity index (χ2n) is 3.84. The van der Waals surface area contributed by atoms with Gasteiger partial charge in [0.15, 0.2) is 0 Å². The van der Waals surface area contributed by atoms with Gasteiger partial charge in [0.25, 0.3) is 0 Å². The van der Waals surface area contributed by atoms with Gasteiger partial charge in [-0.1, -0.05) is 40.1 Å². The maximum atomic E-state index is 8.48. The molecule has 0 radical (unpaired) electrons. The number of amidine groups is 1. The normalized spacial score (nSPS) is 12.1. The molecule has 0 amide bonds. The third-order valence-corrected chi connectivity index (χ3v) is 3.11. The van der Waals surface area contributed by atoms with Crippen LogP contribution in [0.5, 0.6) is 0 Å². The number of hydrogen-bond donors (Lipinski definition) is 2. The van der Waals surface area contributed by atoms with E-state index in [2.05, 4.69) is 45.0 Å². The van der Waals surface area contributed by atoms with E-state index in [0.717, 1.165) is 24.1 Å². The zero-order valence-corrected chi connectivity index (χ0v) is 11.5. The van der Waals surface area contributed by atoms with Crippen LogP contribution in [0.1, 0.15) is 18.9 Å². The van der Waals surface area contributed by atoms with Crippen molar-refractivity contribution < 1.29 is 5.21 Å². The van der Waals surface area contributed by atoms with Gasteiger partial charge in [-0.15, -0.1) is 0 Å². The van der Waals surface area contributed by atoms with Crippen molar-refractivity contribution in [2.75, 3.05) is 13.1 Å². The molecule has 0 fully saturated rings. The van der Waals surface area contributed by atoms with E-state index in [0.29, 0.717) is 6.42 Å². The highest BCUT2D eigenvalue weighted by atomic mass is 79.9. The fourth-order valence-electron chi connectivity index (χ4n) is 1.52. The van der Waals surface area contributed by atoms with E-state index in [4.69, 9.17) is 10.9 Å². The number of nitrogens with two attached hydrogens (primary N) is 1. The van der Waals surface area contributed by atoms with Gasteiger partial charge in [0.1, 0.15) is 5.84 Å². The maximum Gasteiger partial charge on any atom is 0.140 e. The molecule has 0 bridgehead atoms. The molecule has 1 aromatic carbocycles. The van der Waals surface area contributed by atoms with Crippen LogP contribution in [0, 0.1) is 0 Å². The van der Waals surface area contributed by atoms with E-state index in [1.807, 2.05) is 12.1 Å². The Bertz CT molecular complexity index is 365. The fraction of sp³-hybridized carbons (Fsp3) is 0.417. The van der Waals surface area contributed by atoms with Crippen LogP contribution < -0.4 is 5.73 Å². The van der Waals surface area contributed by atoms with Gasteiger partial charge in [-0.05, 0) is 24.2 Å². The van der Waals surface area contributed by atoms with Gasteiger partial charge in [0.2, 0.25) is 0 Å². The van der Waals surface area contributed by atoms with E-state index in [1.54, 1.807) is 0 Å². The molecule has 0 spiro atoms. The molecule has 0 heterocycles. The molecule has 0 saturated carbocycles. The summed E-state index contributed by atoms with van der Waals surface area (Å²) in [4.78, 5) is 2.25. The summed E-state index contributed by atoms with van der Waals surface area (Å²) in [5.74, 6) is 0.277. The number of benzene rings is 1. The van der Waals surface area contributed by atoms with Crippen LogP contribution in [-0.2, 0) is 6.54 Å². The molecule has 0 aliphatic heterocycles. The molecule has 1 rings (SSSR count). The van der Waals surface area contributed by atoms with Gasteiger partial charge in [-0.25, -0.2) is 0 Å². The molecule has 0 aromatic heterocycles. The number of oxime groups is 1. The summed E-state index contributed by atoms with van der Waals surface area (Å²) < 4.78 is 1.08. The summed E-state index contributed by atoms with van der Waals surface area (Å²) in [6.07, 6.45) is 0.584. The predicted molar refractivity (Wildman–Crippen MR) is 73.1 cm³/mol. The van der Waals surface area contributed by atoms with E-state index >= 15 is 0 Å². The van der Waals surface area contributed by atoms with Crippen molar-refractivity contribution in [2.45, 2.75) is 19.9 Å². The Morgan fingerprint density at radius 3 is 2.59 bits per heavy atom. The molecular formula is C12H18BrN3O. The predicted octanol–water partition coefficient (Wildman–Crippen LogP) is 2.41. The monoisotopic (exact) mass is 299 g/mol. The molecule has 1 aromatic rings. The average Bonchev–Trinajstić information content (AvgIpc) is 2.36. The lowest BCUT2D eigenvalue weighted by molar-refractivity contribution is 0.283. The van der Waals surface area contributed by atoms with Crippen LogP contribution >= 0.6 is 15.9 Å². The summed E-state index contributed by atoms with van der Waals surface area (Å²) in [5, 5.41) is 11.5. The maximum absolute atomic E-state index is 8.48. The van der Waals surface area contributed by atoms with Gasteiger partial charge < -0.3 is 10.9 Å². The minimum atomic E-state index is 0.277. The van der Waals surface area contributed by atoms with E-state index in [9.17, 15) is 0 Å². The van der Waals surface area contributed by atoms with Crippen LogP contribution in [-0.4, -0.2) is 29.0 Å². The molecule has 4 nitrogen and oxygen atoms in total. The Balaban J connectivity index is 2.49.